The third kappa shape index (κ3) is 5.40. The number of hydrogen-bond donors (Lipinski definition) is 2. The molecule has 0 bridgehead atoms. The van der Waals surface area contributed by atoms with Crippen molar-refractivity contribution in [2.24, 2.45) is 0 Å². The Morgan fingerprint density at radius 3 is 2.48 bits per heavy atom. The van der Waals surface area contributed by atoms with Gasteiger partial charge in [-0.3, -0.25) is 10.1 Å². The number of rotatable bonds is 6. The van der Waals surface area contributed by atoms with Crippen molar-refractivity contribution in [1.82, 2.24) is 20.2 Å². The summed E-state index contributed by atoms with van der Waals surface area (Å²) in [5.74, 6) is -0.378. The van der Waals surface area contributed by atoms with Gasteiger partial charge in [0.05, 0.1) is 23.7 Å². The summed E-state index contributed by atoms with van der Waals surface area (Å²) in [6, 6.07) is 17.1. The number of imidazole rings is 1. The second kappa shape index (κ2) is 9.62. The second-order valence-electron chi connectivity index (χ2n) is 6.33. The molecule has 29 heavy (non-hydrogen) atoms. The molecule has 0 saturated heterocycles. The molecule has 3 rings (SSSR count). The summed E-state index contributed by atoms with van der Waals surface area (Å²) >= 11 is 7.33. The predicted molar refractivity (Wildman–Crippen MR) is 116 cm³/mol. The summed E-state index contributed by atoms with van der Waals surface area (Å²) in [7, 11) is 1.46. The number of carbonyl (C=O) groups is 2. The Bertz CT molecular complexity index is 990. The van der Waals surface area contributed by atoms with Crippen LogP contribution in [0.4, 0.5) is 4.79 Å². The van der Waals surface area contributed by atoms with Gasteiger partial charge in [-0.2, -0.15) is 0 Å². The number of hydrogen-bond acceptors (Lipinski definition) is 4. The lowest BCUT2D eigenvalue weighted by Crippen LogP contribution is -2.41. The van der Waals surface area contributed by atoms with Crippen molar-refractivity contribution in [1.29, 1.82) is 0 Å². The summed E-state index contributed by atoms with van der Waals surface area (Å²) in [6.07, 6.45) is 1.79. The van der Waals surface area contributed by atoms with Crippen LogP contribution in [-0.2, 0) is 11.3 Å². The van der Waals surface area contributed by atoms with Gasteiger partial charge in [-0.1, -0.05) is 65.8 Å². The van der Waals surface area contributed by atoms with Crippen molar-refractivity contribution in [3.63, 3.8) is 0 Å². The Balaban J connectivity index is 1.91. The topological polar surface area (TPSA) is 76.0 Å². The lowest BCUT2D eigenvalue weighted by Gasteiger charge is -2.15. The van der Waals surface area contributed by atoms with E-state index in [0.717, 1.165) is 16.8 Å². The van der Waals surface area contributed by atoms with Crippen molar-refractivity contribution >= 4 is 35.3 Å². The van der Waals surface area contributed by atoms with E-state index in [4.69, 9.17) is 11.6 Å². The van der Waals surface area contributed by atoms with Crippen molar-refractivity contribution in [3.8, 4) is 11.3 Å². The summed E-state index contributed by atoms with van der Waals surface area (Å²) in [4.78, 5) is 28.2. The van der Waals surface area contributed by atoms with E-state index in [2.05, 4.69) is 20.2 Å². The van der Waals surface area contributed by atoms with E-state index >= 15 is 0 Å². The summed E-state index contributed by atoms with van der Waals surface area (Å²) in [5.41, 5.74) is 3.02. The highest BCUT2D eigenvalue weighted by Gasteiger charge is 2.21. The highest BCUT2D eigenvalue weighted by atomic mass is 35.5. The third-order valence-electron chi connectivity index (χ3n) is 4.26. The number of amides is 3. The zero-order chi connectivity index (χ0) is 20.8. The van der Waals surface area contributed by atoms with Gasteiger partial charge in [0.25, 0.3) is 0 Å². The summed E-state index contributed by atoms with van der Waals surface area (Å²) in [5, 5.41) is 5.54. The first-order valence-electron chi connectivity index (χ1n) is 9.02. The highest BCUT2D eigenvalue weighted by molar-refractivity contribution is 8.00. The molecule has 3 aromatic rings. The average molecular weight is 429 g/mol. The van der Waals surface area contributed by atoms with Crippen molar-refractivity contribution in [2.75, 3.05) is 7.05 Å². The molecule has 1 unspecified atom stereocenters. The molecule has 1 atom stereocenters. The number of imide groups is 1. The Labute approximate surface area is 178 Å². The number of nitrogens with one attached hydrogen (secondary N) is 2. The molecule has 0 fully saturated rings. The van der Waals surface area contributed by atoms with Crippen LogP contribution in [0.5, 0.6) is 0 Å². The van der Waals surface area contributed by atoms with Gasteiger partial charge < -0.3 is 9.88 Å². The van der Waals surface area contributed by atoms with Gasteiger partial charge in [-0.15, -0.1) is 0 Å². The first kappa shape index (κ1) is 21.0. The van der Waals surface area contributed by atoms with E-state index in [1.165, 1.54) is 18.8 Å². The highest BCUT2D eigenvalue weighted by Crippen LogP contribution is 2.30. The maximum absolute atomic E-state index is 12.3. The fraction of sp³-hybridized carbons (Fsp3) is 0.190. The molecule has 0 spiro atoms. The lowest BCUT2D eigenvalue weighted by atomic mass is 10.1. The maximum Gasteiger partial charge on any atom is 0.321 e. The van der Waals surface area contributed by atoms with E-state index in [0.29, 0.717) is 16.7 Å². The molecule has 150 valence electrons. The average Bonchev–Trinajstić information content (AvgIpc) is 3.11. The Morgan fingerprint density at radius 1 is 1.14 bits per heavy atom. The molecule has 8 heteroatoms. The number of aromatic nitrogens is 2. The molecular weight excluding hydrogens is 408 g/mol. The molecule has 0 saturated carbocycles. The SMILES string of the molecule is CNC(=O)NC(=O)C(C)Sc1ncc(-c2ccc(Cl)cc2)n1Cc1ccccc1. The molecule has 1 heterocycles. The van der Waals surface area contributed by atoms with E-state index < -0.39 is 11.3 Å². The van der Waals surface area contributed by atoms with E-state index in [1.54, 1.807) is 13.1 Å². The van der Waals surface area contributed by atoms with Crippen LogP contribution >= 0.6 is 23.4 Å². The van der Waals surface area contributed by atoms with Gasteiger partial charge in [0.1, 0.15) is 0 Å². The smallest absolute Gasteiger partial charge is 0.321 e. The largest absolute Gasteiger partial charge is 0.341 e. The molecule has 0 radical (unpaired) electrons. The molecule has 0 aliphatic rings. The number of thioether (sulfide) groups is 1. The van der Waals surface area contributed by atoms with Gasteiger partial charge in [0, 0.05) is 12.1 Å². The minimum Gasteiger partial charge on any atom is -0.341 e. The number of urea groups is 1. The van der Waals surface area contributed by atoms with Gasteiger partial charge in [-0.05, 0) is 30.2 Å². The van der Waals surface area contributed by atoms with E-state index in [-0.39, 0.29) is 5.91 Å². The number of nitrogens with zero attached hydrogens (tertiary/aromatic N) is 2. The standard InChI is InChI=1S/C21H21ClN4O2S/c1-14(19(27)25-20(28)23-2)29-21-24-12-18(16-8-10-17(22)11-9-16)26(21)13-15-6-4-3-5-7-15/h3-12,14H,13H2,1-2H3,(H2,23,25,27,28). The second-order valence-corrected chi connectivity index (χ2v) is 8.08. The van der Waals surface area contributed by atoms with Crippen molar-refractivity contribution in [3.05, 3.63) is 71.4 Å². The van der Waals surface area contributed by atoms with Crippen LogP contribution in [0.25, 0.3) is 11.3 Å². The minimum absolute atomic E-state index is 0.378. The Kier molecular flexibility index (Phi) is 6.95. The maximum atomic E-state index is 12.3. The first-order chi connectivity index (χ1) is 14.0. The molecular formula is C21H21ClN4O2S. The molecule has 1 aromatic heterocycles. The third-order valence-corrected chi connectivity index (χ3v) is 5.61. The number of benzene rings is 2. The molecule has 0 aliphatic carbocycles. The normalized spacial score (nSPS) is 11.7. The van der Waals surface area contributed by atoms with Crippen molar-refractivity contribution < 1.29 is 9.59 Å². The predicted octanol–water partition coefficient (Wildman–Crippen LogP) is 4.19. The first-order valence-corrected chi connectivity index (χ1v) is 10.3. The Hall–Kier alpha value is -2.77. The van der Waals surface area contributed by atoms with Crippen LogP contribution in [0, 0.1) is 0 Å². The van der Waals surface area contributed by atoms with Gasteiger partial charge >= 0.3 is 6.03 Å². The van der Waals surface area contributed by atoms with Gasteiger partial charge in [0.2, 0.25) is 5.91 Å². The van der Waals surface area contributed by atoms with Crippen LogP contribution in [0.1, 0.15) is 12.5 Å². The molecule has 3 amide bonds. The van der Waals surface area contributed by atoms with E-state index in [9.17, 15) is 9.59 Å². The fourth-order valence-electron chi connectivity index (χ4n) is 2.71. The van der Waals surface area contributed by atoms with Gasteiger partial charge in [-0.25, -0.2) is 9.78 Å². The zero-order valence-corrected chi connectivity index (χ0v) is 17.6. The molecule has 2 aromatic carbocycles. The number of halogens is 1. The summed E-state index contributed by atoms with van der Waals surface area (Å²) < 4.78 is 2.06. The zero-order valence-electron chi connectivity index (χ0n) is 16.1. The van der Waals surface area contributed by atoms with Gasteiger partial charge in [0.15, 0.2) is 5.16 Å². The van der Waals surface area contributed by atoms with Crippen LogP contribution in [-0.4, -0.2) is 33.8 Å². The lowest BCUT2D eigenvalue weighted by molar-refractivity contribution is -0.119. The summed E-state index contributed by atoms with van der Waals surface area (Å²) in [6.45, 7) is 2.34. The van der Waals surface area contributed by atoms with E-state index in [1.807, 2.05) is 54.6 Å². The van der Waals surface area contributed by atoms with Crippen LogP contribution < -0.4 is 10.6 Å². The quantitative estimate of drug-likeness (QED) is 0.577. The van der Waals surface area contributed by atoms with Crippen LogP contribution in [0.3, 0.4) is 0 Å². The molecule has 0 aliphatic heterocycles. The Morgan fingerprint density at radius 2 is 1.83 bits per heavy atom. The fourth-order valence-corrected chi connectivity index (χ4v) is 3.72. The molecule has 6 nitrogen and oxygen atoms in total. The van der Waals surface area contributed by atoms with Crippen molar-refractivity contribution in [2.45, 2.75) is 23.9 Å². The monoisotopic (exact) mass is 428 g/mol. The van der Waals surface area contributed by atoms with Crippen LogP contribution in [0.2, 0.25) is 5.02 Å². The minimum atomic E-state index is -0.531. The number of carbonyl (C=O) groups excluding carboxylic acids is 2. The molecule has 2 N–H and O–H groups in total. The van der Waals surface area contributed by atoms with Crippen LogP contribution in [0.15, 0.2) is 66.0 Å².